The molecule has 1 aromatic carbocycles. The summed E-state index contributed by atoms with van der Waals surface area (Å²) < 4.78 is 2.25. The van der Waals surface area contributed by atoms with Crippen molar-refractivity contribution in [2.45, 2.75) is 18.9 Å². The second-order valence-electron chi connectivity index (χ2n) is 4.02. The van der Waals surface area contributed by atoms with Crippen molar-refractivity contribution in [1.82, 2.24) is 5.43 Å². The number of nitrogens with two attached hydrogens (primary N) is 1. The van der Waals surface area contributed by atoms with E-state index in [1.807, 2.05) is 6.07 Å². The first-order chi connectivity index (χ1) is 8.70. The summed E-state index contributed by atoms with van der Waals surface area (Å²) in [7, 11) is 0. The Balaban J connectivity index is 2.04. The molecule has 0 spiro atoms. The maximum Gasteiger partial charge on any atom is 0.0758 e. The molecule has 0 aliphatic carbocycles. The van der Waals surface area contributed by atoms with E-state index < -0.39 is 0 Å². The Hall–Kier alpha value is -0.200. The lowest BCUT2D eigenvalue weighted by molar-refractivity contribution is 0.516. The molecular weight excluding hydrogens is 376 g/mol. The second-order valence-corrected chi connectivity index (χ2v) is 7.77. The zero-order valence-corrected chi connectivity index (χ0v) is 13.7. The number of nitrogens with one attached hydrogen (secondary N) is 1. The monoisotopic (exact) mass is 388 g/mol. The first-order valence-corrected chi connectivity index (χ1v) is 8.05. The SMILES string of the molecule is NNC(CCc1ccccc1)c1cc(Br)sc1Br. The highest BCUT2D eigenvalue weighted by Crippen LogP contribution is 2.36. The molecule has 0 amide bonds. The Morgan fingerprint density at radius 3 is 2.50 bits per heavy atom. The number of hydrogen-bond donors (Lipinski definition) is 2. The first kappa shape index (κ1) is 14.2. The fourth-order valence-corrected chi connectivity index (χ4v) is 4.85. The van der Waals surface area contributed by atoms with Gasteiger partial charge in [0.1, 0.15) is 0 Å². The molecule has 0 saturated heterocycles. The third-order valence-electron chi connectivity index (χ3n) is 2.82. The molecule has 0 bridgehead atoms. The molecule has 0 aliphatic heterocycles. The van der Waals surface area contributed by atoms with Gasteiger partial charge in [-0.05, 0) is 61.9 Å². The number of aryl methyl sites for hydroxylation is 1. The minimum Gasteiger partial charge on any atom is -0.271 e. The van der Waals surface area contributed by atoms with Crippen molar-refractivity contribution >= 4 is 43.2 Å². The van der Waals surface area contributed by atoms with Crippen LogP contribution < -0.4 is 11.3 Å². The Bertz CT molecular complexity index is 499. The molecule has 2 rings (SSSR count). The van der Waals surface area contributed by atoms with Crippen LogP contribution in [0.3, 0.4) is 0 Å². The summed E-state index contributed by atoms with van der Waals surface area (Å²) in [4.78, 5) is 0. The molecule has 5 heteroatoms. The number of hydrazine groups is 1. The van der Waals surface area contributed by atoms with Crippen molar-refractivity contribution in [3.63, 3.8) is 0 Å². The lowest BCUT2D eigenvalue weighted by Gasteiger charge is -2.15. The lowest BCUT2D eigenvalue weighted by atomic mass is 10.0. The van der Waals surface area contributed by atoms with Gasteiger partial charge in [-0.2, -0.15) is 0 Å². The highest BCUT2D eigenvalue weighted by molar-refractivity contribution is 9.12. The second kappa shape index (κ2) is 6.82. The van der Waals surface area contributed by atoms with Gasteiger partial charge in [0, 0.05) is 6.04 Å². The van der Waals surface area contributed by atoms with Crippen molar-refractivity contribution in [3.05, 3.63) is 55.1 Å². The predicted molar refractivity (Wildman–Crippen MR) is 84.5 cm³/mol. The normalized spacial score (nSPS) is 12.6. The Labute approximate surface area is 128 Å². The zero-order chi connectivity index (χ0) is 13.0. The summed E-state index contributed by atoms with van der Waals surface area (Å²) in [5.74, 6) is 5.67. The van der Waals surface area contributed by atoms with Crippen LogP contribution in [0, 0.1) is 0 Å². The number of rotatable bonds is 5. The molecule has 0 fully saturated rings. The van der Waals surface area contributed by atoms with Gasteiger partial charge < -0.3 is 0 Å². The molecule has 0 radical (unpaired) electrons. The van der Waals surface area contributed by atoms with Gasteiger partial charge in [0.2, 0.25) is 0 Å². The van der Waals surface area contributed by atoms with Crippen molar-refractivity contribution < 1.29 is 0 Å². The third-order valence-corrected chi connectivity index (χ3v) is 5.21. The van der Waals surface area contributed by atoms with Crippen molar-refractivity contribution in [2.75, 3.05) is 0 Å². The maximum atomic E-state index is 5.67. The van der Waals surface area contributed by atoms with Gasteiger partial charge in [0.25, 0.3) is 0 Å². The van der Waals surface area contributed by atoms with Crippen LogP contribution in [0.4, 0.5) is 0 Å². The zero-order valence-electron chi connectivity index (χ0n) is 9.70. The molecule has 1 unspecified atom stereocenters. The molecule has 1 atom stereocenters. The van der Waals surface area contributed by atoms with Crippen LogP contribution in [-0.4, -0.2) is 0 Å². The van der Waals surface area contributed by atoms with Gasteiger partial charge in [0.15, 0.2) is 0 Å². The highest BCUT2D eigenvalue weighted by atomic mass is 79.9. The van der Waals surface area contributed by atoms with E-state index in [4.69, 9.17) is 5.84 Å². The van der Waals surface area contributed by atoms with E-state index in [-0.39, 0.29) is 6.04 Å². The van der Waals surface area contributed by atoms with Crippen molar-refractivity contribution in [3.8, 4) is 0 Å². The lowest BCUT2D eigenvalue weighted by Crippen LogP contribution is -2.28. The van der Waals surface area contributed by atoms with Crippen molar-refractivity contribution in [2.24, 2.45) is 5.84 Å². The van der Waals surface area contributed by atoms with Crippen LogP contribution in [-0.2, 0) is 6.42 Å². The van der Waals surface area contributed by atoms with E-state index in [1.54, 1.807) is 11.3 Å². The van der Waals surface area contributed by atoms with E-state index in [9.17, 15) is 0 Å². The molecule has 0 aliphatic rings. The largest absolute Gasteiger partial charge is 0.271 e. The molecule has 3 N–H and O–H groups in total. The molecule has 18 heavy (non-hydrogen) atoms. The third kappa shape index (κ3) is 3.65. The van der Waals surface area contributed by atoms with Crippen LogP contribution in [0.5, 0.6) is 0 Å². The fourth-order valence-electron chi connectivity index (χ4n) is 1.87. The van der Waals surface area contributed by atoms with Crippen LogP contribution in [0.2, 0.25) is 0 Å². The number of halogens is 2. The predicted octanol–water partition coefficient (Wildman–Crippen LogP) is 4.41. The molecule has 2 aromatic rings. The van der Waals surface area contributed by atoms with Crippen LogP contribution in [0.1, 0.15) is 23.6 Å². The molecule has 0 saturated carbocycles. The summed E-state index contributed by atoms with van der Waals surface area (Å²) in [6.07, 6.45) is 1.98. The van der Waals surface area contributed by atoms with Gasteiger partial charge in [-0.3, -0.25) is 11.3 Å². The Morgan fingerprint density at radius 2 is 1.94 bits per heavy atom. The van der Waals surface area contributed by atoms with Crippen LogP contribution in [0.25, 0.3) is 0 Å². The maximum absolute atomic E-state index is 5.67. The van der Waals surface area contributed by atoms with E-state index in [1.165, 1.54) is 11.1 Å². The standard InChI is InChI=1S/C13H14Br2N2S/c14-12-8-10(13(15)18-12)11(17-16)7-6-9-4-2-1-3-5-9/h1-5,8,11,17H,6-7,16H2. The van der Waals surface area contributed by atoms with E-state index >= 15 is 0 Å². The smallest absolute Gasteiger partial charge is 0.0758 e. The topological polar surface area (TPSA) is 38.0 Å². The Kier molecular flexibility index (Phi) is 5.38. The number of benzene rings is 1. The minimum atomic E-state index is 0.169. The van der Waals surface area contributed by atoms with E-state index in [0.29, 0.717) is 0 Å². The number of thiophene rings is 1. The summed E-state index contributed by atoms with van der Waals surface area (Å²) >= 11 is 8.75. The quantitative estimate of drug-likeness (QED) is 0.587. The van der Waals surface area contributed by atoms with Gasteiger partial charge in [-0.1, -0.05) is 30.3 Å². The van der Waals surface area contributed by atoms with Gasteiger partial charge >= 0.3 is 0 Å². The highest BCUT2D eigenvalue weighted by Gasteiger charge is 2.15. The first-order valence-electron chi connectivity index (χ1n) is 5.65. The molecule has 96 valence electrons. The molecule has 2 nitrogen and oxygen atoms in total. The number of hydrogen-bond acceptors (Lipinski definition) is 3. The molecular formula is C13H14Br2N2S. The molecule has 1 heterocycles. The van der Waals surface area contributed by atoms with Crippen LogP contribution >= 0.6 is 43.2 Å². The summed E-state index contributed by atoms with van der Waals surface area (Å²) in [6, 6.07) is 12.7. The summed E-state index contributed by atoms with van der Waals surface area (Å²) in [5.41, 5.74) is 5.45. The molecule has 1 aromatic heterocycles. The van der Waals surface area contributed by atoms with Gasteiger partial charge in [-0.15, -0.1) is 11.3 Å². The minimum absolute atomic E-state index is 0.169. The van der Waals surface area contributed by atoms with E-state index in [2.05, 4.69) is 67.6 Å². The van der Waals surface area contributed by atoms with Gasteiger partial charge in [0.05, 0.1) is 7.57 Å². The fraction of sp³-hybridized carbons (Fsp3) is 0.231. The average Bonchev–Trinajstić information content (AvgIpc) is 2.71. The Morgan fingerprint density at radius 1 is 1.22 bits per heavy atom. The van der Waals surface area contributed by atoms with Crippen molar-refractivity contribution in [1.29, 1.82) is 0 Å². The average molecular weight is 390 g/mol. The van der Waals surface area contributed by atoms with Crippen LogP contribution in [0.15, 0.2) is 44.0 Å². The summed E-state index contributed by atoms with van der Waals surface area (Å²) in [6.45, 7) is 0. The van der Waals surface area contributed by atoms with E-state index in [0.717, 1.165) is 20.4 Å². The summed E-state index contributed by atoms with van der Waals surface area (Å²) in [5, 5.41) is 0. The van der Waals surface area contributed by atoms with Gasteiger partial charge in [-0.25, -0.2) is 0 Å².